The van der Waals surface area contributed by atoms with Gasteiger partial charge in [0.1, 0.15) is 5.75 Å². The van der Waals surface area contributed by atoms with E-state index in [0.29, 0.717) is 11.8 Å². The maximum absolute atomic E-state index is 9.53. The lowest BCUT2D eigenvalue weighted by Gasteiger charge is -2.24. The van der Waals surface area contributed by atoms with Crippen molar-refractivity contribution in [2.45, 2.75) is 32.0 Å². The van der Waals surface area contributed by atoms with E-state index < -0.39 is 0 Å². The molecule has 1 unspecified atom stereocenters. The molecule has 1 aromatic heterocycles. The highest BCUT2D eigenvalue weighted by molar-refractivity contribution is 5.27. The quantitative estimate of drug-likeness (QED) is 0.913. The van der Waals surface area contributed by atoms with Crippen LogP contribution in [-0.4, -0.2) is 32.1 Å². The van der Waals surface area contributed by atoms with Crippen LogP contribution in [0.4, 0.5) is 0 Å². The fourth-order valence-electron chi connectivity index (χ4n) is 2.84. The molecule has 1 aliphatic rings. The Morgan fingerprint density at radius 2 is 2.32 bits per heavy atom. The first-order valence-corrected chi connectivity index (χ1v) is 6.79. The van der Waals surface area contributed by atoms with Gasteiger partial charge in [0, 0.05) is 31.5 Å². The Labute approximate surface area is 113 Å². The van der Waals surface area contributed by atoms with E-state index in [9.17, 15) is 5.11 Å². The minimum absolute atomic E-state index is 0.350. The highest BCUT2D eigenvalue weighted by Gasteiger charge is 2.24. The van der Waals surface area contributed by atoms with Gasteiger partial charge in [0.25, 0.3) is 0 Å². The van der Waals surface area contributed by atoms with Gasteiger partial charge in [-0.05, 0) is 37.1 Å². The second-order valence-corrected chi connectivity index (χ2v) is 5.20. The van der Waals surface area contributed by atoms with Crippen LogP contribution >= 0.6 is 0 Å². The molecule has 4 heteroatoms. The van der Waals surface area contributed by atoms with Gasteiger partial charge in [-0.1, -0.05) is 12.1 Å². The molecule has 1 saturated heterocycles. The number of hydrogen-bond donors (Lipinski definition) is 1. The first-order chi connectivity index (χ1) is 9.31. The van der Waals surface area contributed by atoms with E-state index in [0.717, 1.165) is 19.6 Å². The number of aromatic hydroxyl groups is 1. The fourth-order valence-corrected chi connectivity index (χ4v) is 2.84. The Bertz CT molecular complexity index is 524. The largest absolute Gasteiger partial charge is 0.508 e. The van der Waals surface area contributed by atoms with E-state index in [4.69, 9.17) is 0 Å². The van der Waals surface area contributed by atoms with E-state index in [1.807, 2.05) is 30.9 Å². The fraction of sp³-hybridized carbons (Fsp3) is 0.400. The molecule has 100 valence electrons. The first kappa shape index (κ1) is 12.2. The Balaban J connectivity index is 1.66. The summed E-state index contributed by atoms with van der Waals surface area (Å²) in [5.74, 6) is 0.350. The summed E-state index contributed by atoms with van der Waals surface area (Å²) in [7, 11) is 0. The number of rotatable bonds is 4. The number of likely N-dealkylation sites (tertiary alicyclic amines) is 1. The molecule has 3 rings (SSSR count). The van der Waals surface area contributed by atoms with Crippen molar-refractivity contribution in [2.24, 2.45) is 0 Å². The molecule has 2 heterocycles. The maximum atomic E-state index is 9.53. The predicted octanol–water partition coefficient (Wildman–Crippen LogP) is 2.25. The van der Waals surface area contributed by atoms with E-state index in [2.05, 4.69) is 20.5 Å². The van der Waals surface area contributed by atoms with Crippen LogP contribution in [0.15, 0.2) is 43.0 Å². The van der Waals surface area contributed by atoms with Gasteiger partial charge in [0.05, 0.1) is 6.33 Å². The number of phenolic OH excluding ortho intramolecular Hbond substituents is 1. The SMILES string of the molecule is Oc1cccc(CN2CCCC2Cn2ccnc2)c1. The minimum atomic E-state index is 0.350. The molecule has 0 amide bonds. The smallest absolute Gasteiger partial charge is 0.115 e. The van der Waals surface area contributed by atoms with Gasteiger partial charge in [0.15, 0.2) is 0 Å². The molecular formula is C15H19N3O. The first-order valence-electron chi connectivity index (χ1n) is 6.79. The summed E-state index contributed by atoms with van der Waals surface area (Å²) in [6.07, 6.45) is 8.21. The van der Waals surface area contributed by atoms with Crippen LogP contribution in [0.2, 0.25) is 0 Å². The van der Waals surface area contributed by atoms with Crippen molar-refractivity contribution >= 4 is 0 Å². The lowest BCUT2D eigenvalue weighted by atomic mass is 10.1. The van der Waals surface area contributed by atoms with Gasteiger partial charge in [-0.25, -0.2) is 4.98 Å². The lowest BCUT2D eigenvalue weighted by molar-refractivity contribution is 0.224. The Morgan fingerprint density at radius 1 is 1.37 bits per heavy atom. The average Bonchev–Trinajstić information content (AvgIpc) is 3.03. The van der Waals surface area contributed by atoms with Crippen molar-refractivity contribution in [1.29, 1.82) is 0 Å². The number of imidazole rings is 1. The molecule has 4 nitrogen and oxygen atoms in total. The summed E-state index contributed by atoms with van der Waals surface area (Å²) < 4.78 is 2.14. The van der Waals surface area contributed by atoms with E-state index >= 15 is 0 Å². The van der Waals surface area contributed by atoms with Gasteiger partial charge in [0.2, 0.25) is 0 Å². The number of hydrogen-bond acceptors (Lipinski definition) is 3. The highest BCUT2D eigenvalue weighted by Crippen LogP contribution is 2.22. The Kier molecular flexibility index (Phi) is 3.51. The van der Waals surface area contributed by atoms with Crippen LogP contribution in [0.25, 0.3) is 0 Å². The zero-order valence-electron chi connectivity index (χ0n) is 10.9. The molecular weight excluding hydrogens is 238 g/mol. The van der Waals surface area contributed by atoms with Crippen LogP contribution in [0.3, 0.4) is 0 Å². The second kappa shape index (κ2) is 5.45. The van der Waals surface area contributed by atoms with Crippen molar-refractivity contribution in [3.8, 4) is 5.75 Å². The topological polar surface area (TPSA) is 41.3 Å². The monoisotopic (exact) mass is 257 g/mol. The predicted molar refractivity (Wildman–Crippen MR) is 73.8 cm³/mol. The molecule has 1 N–H and O–H groups in total. The second-order valence-electron chi connectivity index (χ2n) is 5.20. The molecule has 0 bridgehead atoms. The van der Waals surface area contributed by atoms with Crippen LogP contribution in [0.1, 0.15) is 18.4 Å². The summed E-state index contributed by atoms with van der Waals surface area (Å²) in [5.41, 5.74) is 1.18. The normalized spacial score (nSPS) is 19.9. The molecule has 0 spiro atoms. The number of phenols is 1. The molecule has 19 heavy (non-hydrogen) atoms. The van der Waals surface area contributed by atoms with Crippen LogP contribution in [0, 0.1) is 0 Å². The maximum Gasteiger partial charge on any atom is 0.115 e. The molecule has 1 aliphatic heterocycles. The summed E-state index contributed by atoms with van der Waals surface area (Å²) >= 11 is 0. The molecule has 0 radical (unpaired) electrons. The standard InChI is InChI=1S/C15H19N3O/c19-15-5-1-3-13(9-15)10-18-7-2-4-14(18)11-17-8-6-16-12-17/h1,3,5-6,8-9,12,14,19H,2,4,7,10-11H2. The van der Waals surface area contributed by atoms with Gasteiger partial charge >= 0.3 is 0 Å². The van der Waals surface area contributed by atoms with E-state index in [-0.39, 0.29) is 0 Å². The molecule has 1 atom stereocenters. The van der Waals surface area contributed by atoms with Gasteiger partial charge in [-0.3, -0.25) is 4.90 Å². The molecule has 1 aromatic carbocycles. The molecule has 0 aliphatic carbocycles. The highest BCUT2D eigenvalue weighted by atomic mass is 16.3. The van der Waals surface area contributed by atoms with Crippen molar-refractivity contribution in [1.82, 2.24) is 14.5 Å². The average molecular weight is 257 g/mol. The third-order valence-corrected chi connectivity index (χ3v) is 3.78. The van der Waals surface area contributed by atoms with E-state index in [1.54, 1.807) is 6.07 Å². The molecule has 0 saturated carbocycles. The Morgan fingerprint density at radius 3 is 3.11 bits per heavy atom. The Hall–Kier alpha value is -1.81. The van der Waals surface area contributed by atoms with Crippen molar-refractivity contribution in [3.63, 3.8) is 0 Å². The molecule has 1 fully saturated rings. The zero-order valence-corrected chi connectivity index (χ0v) is 10.9. The summed E-state index contributed by atoms with van der Waals surface area (Å²) in [5, 5.41) is 9.53. The van der Waals surface area contributed by atoms with Crippen LogP contribution in [-0.2, 0) is 13.1 Å². The van der Waals surface area contributed by atoms with Crippen LogP contribution in [0.5, 0.6) is 5.75 Å². The van der Waals surface area contributed by atoms with Crippen molar-refractivity contribution in [3.05, 3.63) is 48.5 Å². The third-order valence-electron chi connectivity index (χ3n) is 3.78. The number of nitrogens with zero attached hydrogens (tertiary/aromatic N) is 3. The van der Waals surface area contributed by atoms with Gasteiger partial charge in [-0.2, -0.15) is 0 Å². The van der Waals surface area contributed by atoms with Gasteiger partial charge in [-0.15, -0.1) is 0 Å². The van der Waals surface area contributed by atoms with Crippen LogP contribution < -0.4 is 0 Å². The summed E-state index contributed by atoms with van der Waals surface area (Å²) in [6.45, 7) is 3.04. The zero-order chi connectivity index (χ0) is 13.1. The van der Waals surface area contributed by atoms with E-state index in [1.165, 1.54) is 18.4 Å². The summed E-state index contributed by atoms with van der Waals surface area (Å²) in [6, 6.07) is 8.12. The molecule has 2 aromatic rings. The number of benzene rings is 1. The third kappa shape index (κ3) is 2.96. The summed E-state index contributed by atoms with van der Waals surface area (Å²) in [4.78, 5) is 6.59. The lowest BCUT2D eigenvalue weighted by Crippen LogP contribution is -2.32. The van der Waals surface area contributed by atoms with Gasteiger partial charge < -0.3 is 9.67 Å². The number of aromatic nitrogens is 2. The minimum Gasteiger partial charge on any atom is -0.508 e. The van der Waals surface area contributed by atoms with Crippen molar-refractivity contribution < 1.29 is 5.11 Å². The van der Waals surface area contributed by atoms with Crippen molar-refractivity contribution in [2.75, 3.05) is 6.54 Å².